The molecule has 136 valence electrons. The van der Waals surface area contributed by atoms with Crippen LogP contribution < -0.4 is 10.6 Å². The first-order chi connectivity index (χ1) is 12.5. The molecule has 6 heteroatoms. The van der Waals surface area contributed by atoms with Gasteiger partial charge in [-0.15, -0.1) is 0 Å². The summed E-state index contributed by atoms with van der Waals surface area (Å²) in [5.74, 6) is -1.30. The highest BCUT2D eigenvalue weighted by Crippen LogP contribution is 2.19. The number of anilines is 1. The number of benzene rings is 2. The molecule has 1 atom stereocenters. The van der Waals surface area contributed by atoms with Crippen LogP contribution in [0.1, 0.15) is 41.6 Å². The second-order valence-electron chi connectivity index (χ2n) is 6.04. The fraction of sp³-hybridized carbons (Fsp3) is 0.250. The van der Waals surface area contributed by atoms with E-state index in [4.69, 9.17) is 5.11 Å². The van der Waals surface area contributed by atoms with Crippen LogP contribution in [0.2, 0.25) is 0 Å². The molecular weight excluding hydrogens is 332 g/mol. The fourth-order valence-electron chi connectivity index (χ4n) is 2.48. The zero-order valence-corrected chi connectivity index (χ0v) is 14.6. The molecule has 0 fully saturated rings. The lowest BCUT2D eigenvalue weighted by Crippen LogP contribution is -2.25. The summed E-state index contributed by atoms with van der Waals surface area (Å²) in [6, 6.07) is 16.3. The maximum atomic E-state index is 12.2. The van der Waals surface area contributed by atoms with Crippen molar-refractivity contribution in [2.45, 2.75) is 25.7 Å². The van der Waals surface area contributed by atoms with Crippen molar-refractivity contribution in [3.8, 4) is 0 Å². The van der Waals surface area contributed by atoms with Crippen LogP contribution in [-0.2, 0) is 9.59 Å². The highest BCUT2D eigenvalue weighted by atomic mass is 16.4. The van der Waals surface area contributed by atoms with Gasteiger partial charge < -0.3 is 15.7 Å². The molecule has 0 aliphatic heterocycles. The molecule has 1 unspecified atom stereocenters. The van der Waals surface area contributed by atoms with E-state index in [0.29, 0.717) is 17.7 Å². The molecule has 3 N–H and O–H groups in total. The number of hydrogen-bond donors (Lipinski definition) is 3. The van der Waals surface area contributed by atoms with Gasteiger partial charge in [-0.2, -0.15) is 0 Å². The van der Waals surface area contributed by atoms with Gasteiger partial charge in [-0.3, -0.25) is 14.4 Å². The largest absolute Gasteiger partial charge is 0.481 e. The number of carboxylic acids is 1. The zero-order valence-electron chi connectivity index (χ0n) is 14.6. The van der Waals surface area contributed by atoms with Crippen LogP contribution in [0.4, 0.5) is 5.69 Å². The Hall–Kier alpha value is -3.15. The van der Waals surface area contributed by atoms with Gasteiger partial charge >= 0.3 is 5.97 Å². The maximum absolute atomic E-state index is 12.2. The van der Waals surface area contributed by atoms with Crippen molar-refractivity contribution in [1.29, 1.82) is 0 Å². The first-order valence-electron chi connectivity index (χ1n) is 8.40. The summed E-state index contributed by atoms with van der Waals surface area (Å²) in [5.41, 5.74) is 2.12. The van der Waals surface area contributed by atoms with Gasteiger partial charge in [0.05, 0.1) is 6.42 Å². The molecule has 6 nitrogen and oxygen atoms in total. The third-order valence-electron chi connectivity index (χ3n) is 3.92. The third kappa shape index (κ3) is 6.05. The summed E-state index contributed by atoms with van der Waals surface area (Å²) in [6.45, 7) is 2.07. The minimum Gasteiger partial charge on any atom is -0.481 e. The van der Waals surface area contributed by atoms with Crippen molar-refractivity contribution >= 4 is 23.5 Å². The Bertz CT molecular complexity index is 757. The number of carboxylic acid groups (broad SMARTS) is 1. The van der Waals surface area contributed by atoms with Crippen molar-refractivity contribution in [2.75, 3.05) is 11.9 Å². The van der Waals surface area contributed by atoms with E-state index in [1.54, 1.807) is 24.3 Å². The van der Waals surface area contributed by atoms with E-state index in [9.17, 15) is 14.4 Å². The number of amides is 2. The Morgan fingerprint density at radius 3 is 2.27 bits per heavy atom. The SMILES string of the molecule is CC(CC(=O)Nc1ccc(C(=O)NCCC(=O)O)cc1)c1ccccc1. The second-order valence-corrected chi connectivity index (χ2v) is 6.04. The van der Waals surface area contributed by atoms with Gasteiger partial charge in [-0.05, 0) is 35.7 Å². The van der Waals surface area contributed by atoms with Gasteiger partial charge in [-0.25, -0.2) is 0 Å². The van der Waals surface area contributed by atoms with Crippen LogP contribution in [0.3, 0.4) is 0 Å². The van der Waals surface area contributed by atoms with Crippen LogP contribution in [0.25, 0.3) is 0 Å². The quantitative estimate of drug-likeness (QED) is 0.679. The van der Waals surface area contributed by atoms with Crippen LogP contribution >= 0.6 is 0 Å². The normalized spacial score (nSPS) is 11.4. The molecule has 0 bridgehead atoms. The van der Waals surface area contributed by atoms with E-state index in [-0.39, 0.29) is 30.7 Å². The summed E-state index contributed by atoms with van der Waals surface area (Å²) < 4.78 is 0. The predicted octanol–water partition coefficient (Wildman–Crippen LogP) is 3.02. The molecule has 26 heavy (non-hydrogen) atoms. The Labute approximate surface area is 152 Å². The average Bonchev–Trinajstić information content (AvgIpc) is 2.62. The zero-order chi connectivity index (χ0) is 18.9. The maximum Gasteiger partial charge on any atom is 0.305 e. The van der Waals surface area contributed by atoms with Gasteiger partial charge in [-0.1, -0.05) is 37.3 Å². The van der Waals surface area contributed by atoms with E-state index < -0.39 is 5.97 Å². The molecule has 0 radical (unpaired) electrons. The van der Waals surface area contributed by atoms with Gasteiger partial charge in [0.15, 0.2) is 0 Å². The van der Waals surface area contributed by atoms with Crippen molar-refractivity contribution in [3.05, 3.63) is 65.7 Å². The third-order valence-corrected chi connectivity index (χ3v) is 3.92. The second kappa shape index (κ2) is 9.36. The molecule has 2 aromatic rings. The molecule has 0 aromatic heterocycles. The summed E-state index contributed by atoms with van der Waals surface area (Å²) >= 11 is 0. The molecule has 0 aliphatic rings. The summed E-state index contributed by atoms with van der Waals surface area (Å²) in [6.07, 6.45) is 0.237. The first kappa shape index (κ1) is 19.2. The summed E-state index contributed by atoms with van der Waals surface area (Å²) in [7, 11) is 0. The number of aliphatic carboxylic acids is 1. The minimum absolute atomic E-state index is 0.0734. The van der Waals surface area contributed by atoms with Gasteiger partial charge in [0.2, 0.25) is 5.91 Å². The Morgan fingerprint density at radius 2 is 1.65 bits per heavy atom. The minimum atomic E-state index is -0.965. The molecular formula is C20H22N2O4. The topological polar surface area (TPSA) is 95.5 Å². The lowest BCUT2D eigenvalue weighted by molar-refractivity contribution is -0.136. The Kier molecular flexibility index (Phi) is 6.91. The summed E-state index contributed by atoms with van der Waals surface area (Å²) in [5, 5.41) is 13.9. The van der Waals surface area contributed by atoms with Crippen LogP contribution in [0.5, 0.6) is 0 Å². The number of hydrogen-bond acceptors (Lipinski definition) is 3. The van der Waals surface area contributed by atoms with E-state index >= 15 is 0 Å². The van der Waals surface area contributed by atoms with Gasteiger partial charge in [0.25, 0.3) is 5.91 Å². The molecule has 0 aliphatic carbocycles. The van der Waals surface area contributed by atoms with Crippen molar-refractivity contribution in [2.24, 2.45) is 0 Å². The van der Waals surface area contributed by atoms with Crippen LogP contribution in [0, 0.1) is 0 Å². The summed E-state index contributed by atoms with van der Waals surface area (Å²) in [4.78, 5) is 34.5. The molecule has 2 rings (SSSR count). The molecule has 2 amide bonds. The number of carbonyl (C=O) groups excluding carboxylic acids is 2. The fourth-order valence-corrected chi connectivity index (χ4v) is 2.48. The molecule has 0 saturated carbocycles. The van der Waals surface area contributed by atoms with Crippen LogP contribution in [-0.4, -0.2) is 29.4 Å². The lowest BCUT2D eigenvalue weighted by Gasteiger charge is -2.12. The van der Waals surface area contributed by atoms with Gasteiger partial charge in [0.1, 0.15) is 0 Å². The van der Waals surface area contributed by atoms with Crippen molar-refractivity contribution in [3.63, 3.8) is 0 Å². The monoisotopic (exact) mass is 354 g/mol. The molecule has 0 saturated heterocycles. The standard InChI is InChI=1S/C20H22N2O4/c1-14(15-5-3-2-4-6-15)13-18(23)22-17-9-7-16(8-10-17)20(26)21-12-11-19(24)25/h2-10,14H,11-13H2,1H3,(H,21,26)(H,22,23)(H,24,25). The molecule has 0 heterocycles. The van der Waals surface area contributed by atoms with Crippen molar-refractivity contribution in [1.82, 2.24) is 5.32 Å². The first-order valence-corrected chi connectivity index (χ1v) is 8.40. The average molecular weight is 354 g/mol. The van der Waals surface area contributed by atoms with E-state index in [1.807, 2.05) is 37.3 Å². The smallest absolute Gasteiger partial charge is 0.305 e. The number of carbonyl (C=O) groups is 3. The highest BCUT2D eigenvalue weighted by Gasteiger charge is 2.12. The Balaban J connectivity index is 1.85. The van der Waals surface area contributed by atoms with Gasteiger partial charge in [0, 0.05) is 24.2 Å². The number of rotatable bonds is 8. The highest BCUT2D eigenvalue weighted by molar-refractivity contribution is 5.96. The van der Waals surface area contributed by atoms with E-state index in [1.165, 1.54) is 0 Å². The molecule has 0 spiro atoms. The predicted molar refractivity (Wildman–Crippen MR) is 99.1 cm³/mol. The van der Waals surface area contributed by atoms with Crippen LogP contribution in [0.15, 0.2) is 54.6 Å². The molecule has 2 aromatic carbocycles. The Morgan fingerprint density at radius 1 is 1.00 bits per heavy atom. The van der Waals surface area contributed by atoms with E-state index in [2.05, 4.69) is 10.6 Å². The lowest BCUT2D eigenvalue weighted by atomic mass is 9.97. The van der Waals surface area contributed by atoms with Crippen molar-refractivity contribution < 1.29 is 19.5 Å². The van der Waals surface area contributed by atoms with E-state index in [0.717, 1.165) is 5.56 Å². The number of nitrogens with one attached hydrogen (secondary N) is 2.